The van der Waals surface area contributed by atoms with Crippen LogP contribution < -0.4 is 0 Å². The summed E-state index contributed by atoms with van der Waals surface area (Å²) >= 11 is 0. The van der Waals surface area contributed by atoms with Crippen LogP contribution in [-0.4, -0.2) is 42.8 Å². The molecule has 5 heteroatoms. The molecule has 0 N–H and O–H groups in total. The third-order valence-electron chi connectivity index (χ3n) is 9.40. The number of ether oxygens (including phenoxy) is 1. The van der Waals surface area contributed by atoms with Crippen molar-refractivity contribution in [2.24, 2.45) is 5.92 Å². The lowest BCUT2D eigenvalue weighted by molar-refractivity contribution is -0.163. The van der Waals surface area contributed by atoms with Gasteiger partial charge in [0.1, 0.15) is 11.6 Å². The summed E-state index contributed by atoms with van der Waals surface area (Å²) < 4.78 is 5.56. The molecule has 2 atom stereocenters. The average Bonchev–Trinajstić information content (AvgIpc) is 3.05. The van der Waals surface area contributed by atoms with E-state index in [0.29, 0.717) is 12.8 Å². The Labute approximate surface area is 298 Å². The number of Topliss-reactive ketones (excluding diaryl/α,β-unsaturated/α-hetero) is 2. The summed E-state index contributed by atoms with van der Waals surface area (Å²) in [6.07, 6.45) is 41.5. The van der Waals surface area contributed by atoms with Crippen LogP contribution in [0.2, 0.25) is 0 Å². The Hall–Kier alpha value is -1.75. The number of allylic oxidation sites excluding steroid dienone is 4. The van der Waals surface area contributed by atoms with Gasteiger partial charge in [0.15, 0.2) is 6.23 Å². The second-order valence-corrected chi connectivity index (χ2v) is 14.4. The van der Waals surface area contributed by atoms with Gasteiger partial charge in [-0.3, -0.25) is 19.3 Å². The van der Waals surface area contributed by atoms with E-state index in [1.165, 1.54) is 122 Å². The molecule has 0 aromatic rings. The van der Waals surface area contributed by atoms with Crippen LogP contribution in [0.3, 0.4) is 0 Å². The van der Waals surface area contributed by atoms with E-state index in [9.17, 15) is 14.4 Å². The van der Waals surface area contributed by atoms with Crippen molar-refractivity contribution in [2.75, 3.05) is 14.1 Å². The van der Waals surface area contributed by atoms with Crippen LogP contribution >= 0.6 is 0 Å². The molecule has 2 unspecified atom stereocenters. The fraction of sp³-hybridized carbons (Fsp3) is 0.837. The summed E-state index contributed by atoms with van der Waals surface area (Å²) in [5, 5.41) is 0. The number of carbonyl (C=O) groups excluding carboxylic acids is 3. The van der Waals surface area contributed by atoms with Gasteiger partial charge in [0.05, 0.1) is 5.92 Å². The van der Waals surface area contributed by atoms with Crippen LogP contribution in [0, 0.1) is 5.92 Å². The Morgan fingerprint density at radius 2 is 0.875 bits per heavy atom. The molecule has 0 aromatic heterocycles. The topological polar surface area (TPSA) is 63.7 Å². The first-order valence-corrected chi connectivity index (χ1v) is 20.5. The highest BCUT2D eigenvalue weighted by Gasteiger charge is 2.33. The number of rotatable bonds is 36. The average molecular weight is 674 g/mol. The summed E-state index contributed by atoms with van der Waals surface area (Å²) in [6.45, 7) is 5.89. The molecule has 0 aliphatic heterocycles. The molecule has 5 nitrogen and oxygen atoms in total. The predicted molar refractivity (Wildman–Crippen MR) is 206 cm³/mol. The van der Waals surface area contributed by atoms with E-state index in [-0.39, 0.29) is 18.0 Å². The van der Waals surface area contributed by atoms with Gasteiger partial charge in [-0.2, -0.15) is 0 Å². The summed E-state index contributed by atoms with van der Waals surface area (Å²) in [4.78, 5) is 40.0. The molecule has 0 bridgehead atoms. The Kier molecular flexibility index (Phi) is 33.8. The molecular weight excluding hydrogens is 594 g/mol. The highest BCUT2D eigenvalue weighted by atomic mass is 16.6. The van der Waals surface area contributed by atoms with Crippen LogP contribution in [0.15, 0.2) is 24.3 Å². The third-order valence-corrected chi connectivity index (χ3v) is 9.40. The van der Waals surface area contributed by atoms with Crippen molar-refractivity contribution < 1.29 is 19.1 Å². The molecular formula is C43H79NO4. The minimum Gasteiger partial charge on any atom is -0.446 e. The van der Waals surface area contributed by atoms with Gasteiger partial charge in [-0.15, -0.1) is 0 Å². The second-order valence-electron chi connectivity index (χ2n) is 14.4. The van der Waals surface area contributed by atoms with Crippen molar-refractivity contribution in [3.8, 4) is 0 Å². The lowest BCUT2D eigenvalue weighted by atomic mass is 9.90. The molecule has 0 heterocycles. The molecule has 0 spiro atoms. The minimum absolute atomic E-state index is 0.0467. The van der Waals surface area contributed by atoms with E-state index in [4.69, 9.17) is 4.74 Å². The van der Waals surface area contributed by atoms with Gasteiger partial charge in [0.25, 0.3) is 0 Å². The van der Waals surface area contributed by atoms with E-state index in [2.05, 4.69) is 38.2 Å². The van der Waals surface area contributed by atoms with Gasteiger partial charge in [-0.1, -0.05) is 141 Å². The van der Waals surface area contributed by atoms with Crippen molar-refractivity contribution in [3.05, 3.63) is 24.3 Å². The zero-order valence-electron chi connectivity index (χ0n) is 32.6. The van der Waals surface area contributed by atoms with Crippen molar-refractivity contribution in [1.82, 2.24) is 4.90 Å². The Morgan fingerprint density at radius 3 is 1.25 bits per heavy atom. The molecule has 0 aliphatic carbocycles. The summed E-state index contributed by atoms with van der Waals surface area (Å²) in [6, 6.07) is 0. The molecule has 280 valence electrons. The molecule has 48 heavy (non-hydrogen) atoms. The molecule has 0 aliphatic rings. The monoisotopic (exact) mass is 674 g/mol. The van der Waals surface area contributed by atoms with Crippen LogP contribution in [0.5, 0.6) is 0 Å². The Balaban J connectivity index is 4.28. The lowest BCUT2D eigenvalue weighted by Crippen LogP contribution is -2.43. The van der Waals surface area contributed by atoms with Crippen molar-refractivity contribution in [2.45, 2.75) is 213 Å². The fourth-order valence-corrected chi connectivity index (χ4v) is 6.39. The van der Waals surface area contributed by atoms with E-state index in [1.54, 1.807) is 4.90 Å². The quantitative estimate of drug-likeness (QED) is 0.0287. The molecule has 0 amide bonds. The van der Waals surface area contributed by atoms with Gasteiger partial charge in [0, 0.05) is 26.2 Å². The van der Waals surface area contributed by atoms with Crippen molar-refractivity contribution in [1.29, 1.82) is 0 Å². The number of hydrogen-bond acceptors (Lipinski definition) is 5. The summed E-state index contributed by atoms with van der Waals surface area (Å²) in [7, 11) is 3.62. The third kappa shape index (κ3) is 30.3. The Bertz CT molecular complexity index is 818. The first kappa shape index (κ1) is 46.2. The van der Waals surface area contributed by atoms with E-state index in [0.717, 1.165) is 51.4 Å². The maximum Gasteiger partial charge on any atom is 0.304 e. The maximum atomic E-state index is 13.4. The van der Waals surface area contributed by atoms with Crippen LogP contribution in [0.4, 0.5) is 0 Å². The van der Waals surface area contributed by atoms with E-state index >= 15 is 0 Å². The highest BCUT2D eigenvalue weighted by molar-refractivity contribution is 5.88. The van der Waals surface area contributed by atoms with Gasteiger partial charge in [-0.05, 0) is 78.3 Å². The molecule has 0 aromatic carbocycles. The normalized spacial score (nSPS) is 13.1. The summed E-state index contributed by atoms with van der Waals surface area (Å²) in [5.74, 6) is -0.867. The number of nitrogens with zero attached hydrogens (tertiary/aromatic N) is 1. The number of ketones is 2. The van der Waals surface area contributed by atoms with Gasteiger partial charge in [-0.25, -0.2) is 0 Å². The van der Waals surface area contributed by atoms with Gasteiger partial charge < -0.3 is 4.74 Å². The number of unbranched alkanes of at least 4 members (excludes halogenated alkanes) is 22. The molecule has 0 saturated heterocycles. The highest BCUT2D eigenvalue weighted by Crippen LogP contribution is 2.22. The maximum absolute atomic E-state index is 13.4. The number of hydrogen-bond donors (Lipinski definition) is 0. The van der Waals surface area contributed by atoms with Crippen LogP contribution in [0.25, 0.3) is 0 Å². The van der Waals surface area contributed by atoms with Crippen LogP contribution in [-0.2, 0) is 19.1 Å². The summed E-state index contributed by atoms with van der Waals surface area (Å²) in [5.41, 5.74) is 0. The Morgan fingerprint density at radius 1 is 0.521 bits per heavy atom. The lowest BCUT2D eigenvalue weighted by Gasteiger charge is -2.30. The first-order chi connectivity index (χ1) is 23.3. The van der Waals surface area contributed by atoms with Crippen molar-refractivity contribution in [3.63, 3.8) is 0 Å². The largest absolute Gasteiger partial charge is 0.446 e. The fourth-order valence-electron chi connectivity index (χ4n) is 6.39. The van der Waals surface area contributed by atoms with Gasteiger partial charge >= 0.3 is 5.97 Å². The van der Waals surface area contributed by atoms with E-state index in [1.807, 2.05) is 14.1 Å². The zero-order valence-corrected chi connectivity index (χ0v) is 32.6. The standard InChI is InChI=1S/C43H79NO4/c1-6-8-10-12-14-16-18-20-22-24-26-28-30-32-34-36-40(46)38-41(43(44(4)5)48-39(3)45)42(47)37-35-33-31-29-27-25-23-21-19-17-15-13-11-9-7-2/h20-23,41,43H,6-19,24-38H2,1-5H3/b22-20-,23-21-. The number of esters is 1. The SMILES string of the molecule is CCCCCCCC/C=C\CCCCCCCC(=O)CC(C(=O)CCCCCCC/C=C\CCCCCCCC)C(OC(C)=O)N(C)C. The number of carbonyl (C=O) groups is 3. The molecule has 0 rings (SSSR count). The zero-order chi connectivity index (χ0) is 35.5. The minimum atomic E-state index is -0.698. The van der Waals surface area contributed by atoms with Crippen molar-refractivity contribution >= 4 is 17.5 Å². The second kappa shape index (κ2) is 35.1. The molecule has 0 fully saturated rings. The van der Waals surface area contributed by atoms with Crippen LogP contribution in [0.1, 0.15) is 207 Å². The van der Waals surface area contributed by atoms with Gasteiger partial charge in [0.2, 0.25) is 0 Å². The first-order valence-electron chi connectivity index (χ1n) is 20.5. The van der Waals surface area contributed by atoms with E-state index < -0.39 is 18.1 Å². The molecule has 0 saturated carbocycles. The molecule has 0 radical (unpaired) electrons. The smallest absolute Gasteiger partial charge is 0.304 e. The predicted octanol–water partition coefficient (Wildman–Crippen LogP) is 12.7.